The maximum atomic E-state index is 10.9. The van der Waals surface area contributed by atoms with Crippen molar-refractivity contribution < 1.29 is 55.1 Å². The molecule has 8 N–H and O–H groups in total. The van der Waals surface area contributed by atoms with Gasteiger partial charge in [0, 0.05) is 0 Å². The molecular formula is C41H70O11. The van der Waals surface area contributed by atoms with E-state index in [1.54, 1.807) is 0 Å². The van der Waals surface area contributed by atoms with Crippen molar-refractivity contribution in [3.63, 3.8) is 0 Å². The number of rotatable bonds is 11. The van der Waals surface area contributed by atoms with Gasteiger partial charge in [0.05, 0.1) is 12.7 Å². The van der Waals surface area contributed by atoms with Crippen LogP contribution in [0.2, 0.25) is 0 Å². The van der Waals surface area contributed by atoms with Gasteiger partial charge in [-0.15, -0.1) is 0 Å². The summed E-state index contributed by atoms with van der Waals surface area (Å²) in [5, 5.41) is 83.0. The summed E-state index contributed by atoms with van der Waals surface area (Å²) in [6.07, 6.45) is -2.35. The molecule has 4 saturated carbocycles. The number of hydrogen-bond donors (Lipinski definition) is 8. The average Bonchev–Trinajstić information content (AvgIpc) is 3.48. The minimum atomic E-state index is -1.76. The zero-order chi connectivity index (χ0) is 37.9. The third-order valence-electron chi connectivity index (χ3n) is 15.8. The summed E-state index contributed by atoms with van der Waals surface area (Å²) in [4.78, 5) is 0. The van der Waals surface area contributed by atoms with Gasteiger partial charge in [0.2, 0.25) is 0 Å². The van der Waals surface area contributed by atoms with E-state index in [0.29, 0.717) is 23.7 Å². The first-order chi connectivity index (χ1) is 24.5. The molecule has 300 valence electrons. The highest BCUT2D eigenvalue weighted by Gasteiger charge is 2.59. The van der Waals surface area contributed by atoms with Crippen molar-refractivity contribution in [2.75, 3.05) is 6.61 Å². The van der Waals surface area contributed by atoms with Crippen molar-refractivity contribution in [1.29, 1.82) is 0 Å². The lowest BCUT2D eigenvalue weighted by Gasteiger charge is -2.58. The van der Waals surface area contributed by atoms with Gasteiger partial charge in [-0.3, -0.25) is 0 Å². The summed E-state index contributed by atoms with van der Waals surface area (Å²) in [7, 11) is 0. The molecule has 0 amide bonds. The number of allylic oxidation sites excluding steroid dienone is 1. The molecule has 0 spiro atoms. The largest absolute Gasteiger partial charge is 0.387 e. The predicted molar refractivity (Wildman–Crippen MR) is 194 cm³/mol. The Hall–Kier alpha value is -0.700. The molecular weight excluding hydrogens is 668 g/mol. The van der Waals surface area contributed by atoms with E-state index < -0.39 is 73.9 Å². The quantitative estimate of drug-likeness (QED) is 0.146. The van der Waals surface area contributed by atoms with E-state index in [2.05, 4.69) is 47.6 Å². The predicted octanol–water partition coefficient (Wildman–Crippen LogP) is 3.06. The highest BCUT2D eigenvalue weighted by atomic mass is 16.7. The van der Waals surface area contributed by atoms with Gasteiger partial charge >= 0.3 is 0 Å². The summed E-state index contributed by atoms with van der Waals surface area (Å²) in [6.45, 7) is 14.3. The molecule has 11 heteroatoms. The standard InChI is InChI=1S/C41H70O11/c1-7-22(20(2)3)9-8-21(4)26-12-13-27-25-11-10-23-18-24(14-16-40(23,5)28(25)15-17-41(26,27)6)51-39-37(49)31(43)30(42)29(52-39)19-50-38-35(47)33(45)32(44)34(46)36(38)48/h10,20-22,24-39,42-49H,7-9,11-19H2,1-6H3/t21-,22-,24+,25+,26-,27+,28+,29-,30-,31+,32?,33-,34+,35-,36-,37-,38?,39-,40+,41-/m1/s1. The van der Waals surface area contributed by atoms with E-state index in [9.17, 15) is 40.9 Å². The summed E-state index contributed by atoms with van der Waals surface area (Å²) >= 11 is 0. The number of fused-ring (bicyclic) bond motifs is 5. The molecule has 11 nitrogen and oxygen atoms in total. The molecule has 2 unspecified atom stereocenters. The van der Waals surface area contributed by atoms with Gasteiger partial charge in [0.25, 0.3) is 0 Å². The average molecular weight is 739 g/mol. The molecule has 1 aliphatic heterocycles. The lowest BCUT2D eigenvalue weighted by molar-refractivity contribution is -0.320. The van der Waals surface area contributed by atoms with Gasteiger partial charge in [-0.25, -0.2) is 0 Å². The summed E-state index contributed by atoms with van der Waals surface area (Å²) in [5.74, 6) is 5.25. The maximum Gasteiger partial charge on any atom is 0.186 e. The first-order valence-corrected chi connectivity index (χ1v) is 20.6. The van der Waals surface area contributed by atoms with Crippen molar-refractivity contribution in [1.82, 2.24) is 0 Å². The first kappa shape index (κ1) is 40.9. The third-order valence-corrected chi connectivity index (χ3v) is 15.8. The van der Waals surface area contributed by atoms with Gasteiger partial charge < -0.3 is 55.1 Å². The molecule has 0 radical (unpaired) electrons. The monoisotopic (exact) mass is 738 g/mol. The smallest absolute Gasteiger partial charge is 0.186 e. The molecule has 6 rings (SSSR count). The van der Waals surface area contributed by atoms with E-state index in [4.69, 9.17) is 14.2 Å². The number of ether oxygens (including phenoxy) is 3. The maximum absolute atomic E-state index is 10.9. The van der Waals surface area contributed by atoms with Gasteiger partial charge in [-0.05, 0) is 110 Å². The van der Waals surface area contributed by atoms with Crippen LogP contribution in [0.25, 0.3) is 0 Å². The van der Waals surface area contributed by atoms with Crippen LogP contribution in [0.5, 0.6) is 0 Å². The van der Waals surface area contributed by atoms with E-state index in [-0.39, 0.29) is 11.5 Å². The molecule has 5 aliphatic carbocycles. The van der Waals surface area contributed by atoms with Gasteiger partial charge in [0.1, 0.15) is 61.0 Å². The van der Waals surface area contributed by atoms with Crippen LogP contribution in [0, 0.1) is 52.3 Å². The van der Waals surface area contributed by atoms with Crippen LogP contribution in [0.15, 0.2) is 11.6 Å². The molecule has 0 aromatic carbocycles. The van der Waals surface area contributed by atoms with Crippen LogP contribution < -0.4 is 0 Å². The topological polar surface area (TPSA) is 190 Å². The Morgan fingerprint density at radius 1 is 0.769 bits per heavy atom. The summed E-state index contributed by atoms with van der Waals surface area (Å²) in [5.41, 5.74) is 1.93. The second-order valence-electron chi connectivity index (χ2n) is 18.7. The van der Waals surface area contributed by atoms with E-state index >= 15 is 0 Å². The van der Waals surface area contributed by atoms with Crippen LogP contribution in [-0.2, 0) is 14.2 Å². The minimum Gasteiger partial charge on any atom is -0.387 e. The van der Waals surface area contributed by atoms with E-state index in [0.717, 1.165) is 48.9 Å². The molecule has 6 aliphatic rings. The third kappa shape index (κ3) is 7.33. The Kier molecular flexibility index (Phi) is 12.6. The van der Waals surface area contributed by atoms with Gasteiger partial charge in [-0.2, -0.15) is 0 Å². The van der Waals surface area contributed by atoms with Crippen molar-refractivity contribution in [3.8, 4) is 0 Å². The van der Waals surface area contributed by atoms with Crippen molar-refractivity contribution >= 4 is 0 Å². The van der Waals surface area contributed by atoms with E-state index in [1.807, 2.05) is 0 Å². The molecule has 0 aromatic heterocycles. The number of aliphatic hydroxyl groups is 8. The first-order valence-electron chi connectivity index (χ1n) is 20.6. The van der Waals surface area contributed by atoms with Crippen molar-refractivity contribution in [3.05, 3.63) is 11.6 Å². The molecule has 52 heavy (non-hydrogen) atoms. The SMILES string of the molecule is CC[C@H](CC[C@@H](C)[C@H]1CC[C@H]2[C@@H]3CC=C4C[C@@H](O[C@@H]5O[C@H](COC6[C@H](O)[C@H](O)C(O)[C@H](O)[C@H]6O)[C@@H](O)[C@H](O)[C@H]5O)CC[C@]4(C)[C@H]3CC[C@]12C)C(C)C. The molecule has 5 fully saturated rings. The Labute approximate surface area is 310 Å². The van der Waals surface area contributed by atoms with Crippen LogP contribution >= 0.6 is 0 Å². The molecule has 0 bridgehead atoms. The van der Waals surface area contributed by atoms with Crippen molar-refractivity contribution in [2.45, 2.75) is 186 Å². The van der Waals surface area contributed by atoms with Gasteiger partial charge in [0.15, 0.2) is 6.29 Å². The fraction of sp³-hybridized carbons (Fsp3) is 0.951. The second-order valence-corrected chi connectivity index (χ2v) is 18.7. The zero-order valence-electron chi connectivity index (χ0n) is 32.3. The number of hydrogen-bond acceptors (Lipinski definition) is 11. The van der Waals surface area contributed by atoms with Crippen LogP contribution in [0.1, 0.15) is 112 Å². The Morgan fingerprint density at radius 3 is 2.08 bits per heavy atom. The van der Waals surface area contributed by atoms with Crippen LogP contribution in [-0.4, -0.2) is 121 Å². The fourth-order valence-electron chi connectivity index (χ4n) is 12.4. The highest BCUT2D eigenvalue weighted by Crippen LogP contribution is 2.67. The molecule has 1 saturated heterocycles. The Balaban J connectivity index is 1.07. The zero-order valence-corrected chi connectivity index (χ0v) is 32.3. The van der Waals surface area contributed by atoms with Crippen LogP contribution in [0.4, 0.5) is 0 Å². The Morgan fingerprint density at radius 2 is 1.42 bits per heavy atom. The second kappa shape index (κ2) is 16.0. The fourth-order valence-corrected chi connectivity index (χ4v) is 12.4. The lowest BCUT2D eigenvalue weighted by atomic mass is 9.47. The van der Waals surface area contributed by atoms with Crippen molar-refractivity contribution in [2.24, 2.45) is 52.3 Å². The van der Waals surface area contributed by atoms with Crippen LogP contribution in [0.3, 0.4) is 0 Å². The highest BCUT2D eigenvalue weighted by molar-refractivity contribution is 5.25. The van der Waals surface area contributed by atoms with E-state index in [1.165, 1.54) is 50.5 Å². The lowest BCUT2D eigenvalue weighted by Crippen LogP contribution is -2.65. The molecule has 20 atom stereocenters. The summed E-state index contributed by atoms with van der Waals surface area (Å²) in [6, 6.07) is 0. The molecule has 1 heterocycles. The normalized spacial score (nSPS) is 50.6. The minimum absolute atomic E-state index is 0.0991. The number of aliphatic hydroxyl groups excluding tert-OH is 8. The summed E-state index contributed by atoms with van der Waals surface area (Å²) < 4.78 is 17.9. The molecule has 0 aromatic rings. The Bertz CT molecular complexity index is 1220. The van der Waals surface area contributed by atoms with Gasteiger partial charge in [-0.1, -0.05) is 66.0 Å².